The Morgan fingerprint density at radius 2 is 1.89 bits per heavy atom. The van der Waals surface area contributed by atoms with E-state index >= 15 is 0 Å². The lowest BCUT2D eigenvalue weighted by molar-refractivity contribution is 0.0959. The van der Waals surface area contributed by atoms with E-state index in [2.05, 4.69) is 17.5 Å². The van der Waals surface area contributed by atoms with E-state index in [0.717, 1.165) is 18.8 Å². The second-order valence-corrected chi connectivity index (χ2v) is 7.86. The number of fused-ring (bicyclic) bond motifs is 1. The molecular formula is C21H26N2O4S. The van der Waals surface area contributed by atoms with E-state index in [1.54, 1.807) is 51.0 Å². The molecule has 1 heterocycles. The van der Waals surface area contributed by atoms with Crippen molar-refractivity contribution in [3.05, 3.63) is 39.1 Å². The molecule has 1 N–H and O–H groups in total. The first-order valence-electron chi connectivity index (χ1n) is 9.34. The van der Waals surface area contributed by atoms with Crippen LogP contribution < -0.4 is 19.6 Å². The van der Waals surface area contributed by atoms with E-state index in [4.69, 9.17) is 14.2 Å². The van der Waals surface area contributed by atoms with Gasteiger partial charge in [-0.25, -0.2) is 5.43 Å². The van der Waals surface area contributed by atoms with Crippen molar-refractivity contribution in [1.29, 1.82) is 0 Å². The average molecular weight is 403 g/mol. The summed E-state index contributed by atoms with van der Waals surface area (Å²) >= 11 is 1.57. The van der Waals surface area contributed by atoms with Crippen molar-refractivity contribution in [2.75, 3.05) is 21.3 Å². The molecule has 3 rings (SSSR count). The summed E-state index contributed by atoms with van der Waals surface area (Å²) in [6.45, 7) is 2.23. The molecule has 0 fully saturated rings. The maximum absolute atomic E-state index is 12.5. The number of hydrogen-bond acceptors (Lipinski definition) is 6. The number of benzene rings is 1. The minimum atomic E-state index is -0.192. The third kappa shape index (κ3) is 4.30. The van der Waals surface area contributed by atoms with Crippen LogP contribution in [-0.2, 0) is 12.8 Å². The van der Waals surface area contributed by atoms with E-state index in [-0.39, 0.29) is 5.91 Å². The normalized spacial score (nSPS) is 15.9. The van der Waals surface area contributed by atoms with Gasteiger partial charge in [0, 0.05) is 16.5 Å². The Morgan fingerprint density at radius 1 is 1.18 bits per heavy atom. The summed E-state index contributed by atoms with van der Waals surface area (Å²) in [5.74, 6) is 2.24. The molecule has 0 saturated heterocycles. The number of hydrazone groups is 1. The number of carbonyl (C=O) groups excluding carboxylic acids is 1. The Bertz CT molecular complexity index is 876. The maximum atomic E-state index is 12.5. The van der Waals surface area contributed by atoms with Crippen LogP contribution in [0, 0.1) is 5.92 Å². The van der Waals surface area contributed by atoms with Crippen LogP contribution in [0.25, 0.3) is 0 Å². The van der Waals surface area contributed by atoms with Gasteiger partial charge in [-0.2, -0.15) is 5.10 Å². The predicted molar refractivity (Wildman–Crippen MR) is 111 cm³/mol. The fourth-order valence-corrected chi connectivity index (χ4v) is 4.53. The lowest BCUT2D eigenvalue weighted by Crippen LogP contribution is -2.16. The van der Waals surface area contributed by atoms with Crippen molar-refractivity contribution < 1.29 is 19.0 Å². The Hall–Kier alpha value is -2.54. The molecule has 1 atom stereocenters. The quantitative estimate of drug-likeness (QED) is 0.560. The molecule has 6 nitrogen and oxygen atoms in total. The Morgan fingerprint density at radius 3 is 2.57 bits per heavy atom. The largest absolute Gasteiger partial charge is 0.496 e. The molecule has 7 heteroatoms. The summed E-state index contributed by atoms with van der Waals surface area (Å²) in [7, 11) is 4.69. The van der Waals surface area contributed by atoms with E-state index in [1.165, 1.54) is 23.3 Å². The second kappa shape index (κ2) is 9.10. The molecule has 28 heavy (non-hydrogen) atoms. The van der Waals surface area contributed by atoms with Crippen molar-refractivity contribution in [1.82, 2.24) is 5.43 Å². The van der Waals surface area contributed by atoms with Crippen LogP contribution >= 0.6 is 11.3 Å². The zero-order chi connectivity index (χ0) is 20.1. The molecule has 1 unspecified atom stereocenters. The van der Waals surface area contributed by atoms with E-state index in [1.807, 2.05) is 6.07 Å². The van der Waals surface area contributed by atoms with Crippen LogP contribution in [0.1, 0.15) is 45.4 Å². The molecule has 1 aromatic carbocycles. The van der Waals surface area contributed by atoms with Crippen LogP contribution in [0.3, 0.4) is 0 Å². The monoisotopic (exact) mass is 402 g/mol. The predicted octanol–water partition coefficient (Wildman–Crippen LogP) is 4.05. The highest BCUT2D eigenvalue weighted by atomic mass is 32.1. The third-order valence-electron chi connectivity index (χ3n) is 5.09. The zero-order valence-corrected chi connectivity index (χ0v) is 17.5. The van der Waals surface area contributed by atoms with E-state index in [9.17, 15) is 4.79 Å². The van der Waals surface area contributed by atoms with Gasteiger partial charge in [-0.15, -0.1) is 11.3 Å². The molecule has 1 aromatic heterocycles. The van der Waals surface area contributed by atoms with Gasteiger partial charge in [0.2, 0.25) is 0 Å². The van der Waals surface area contributed by atoms with Crippen LogP contribution in [-0.4, -0.2) is 33.5 Å². The summed E-state index contributed by atoms with van der Waals surface area (Å²) in [6.07, 6.45) is 6.08. The SMILES string of the molecule is CCC1CCc2sc(C(=O)N/N=C/c3cc(OC)c(OC)cc3OC)cc2C1. The highest BCUT2D eigenvalue weighted by molar-refractivity contribution is 7.14. The smallest absolute Gasteiger partial charge is 0.281 e. The minimum absolute atomic E-state index is 0.192. The van der Waals surface area contributed by atoms with Gasteiger partial charge < -0.3 is 14.2 Å². The van der Waals surface area contributed by atoms with E-state index in [0.29, 0.717) is 27.7 Å². The number of amides is 1. The average Bonchev–Trinajstić information content (AvgIpc) is 3.16. The Kier molecular flexibility index (Phi) is 6.57. The summed E-state index contributed by atoms with van der Waals surface area (Å²) in [5, 5.41) is 4.10. The highest BCUT2D eigenvalue weighted by Crippen LogP contribution is 2.34. The van der Waals surface area contributed by atoms with Gasteiger partial charge in [0.05, 0.1) is 32.4 Å². The first kappa shape index (κ1) is 20.2. The maximum Gasteiger partial charge on any atom is 0.281 e. The van der Waals surface area contributed by atoms with Crippen LogP contribution in [0.5, 0.6) is 17.2 Å². The molecule has 0 radical (unpaired) electrons. The first-order chi connectivity index (χ1) is 13.6. The van der Waals surface area contributed by atoms with Crippen molar-refractivity contribution in [2.24, 2.45) is 11.0 Å². The number of aryl methyl sites for hydroxylation is 1. The zero-order valence-electron chi connectivity index (χ0n) is 16.7. The molecule has 1 aliphatic rings. The van der Waals surface area contributed by atoms with E-state index < -0.39 is 0 Å². The molecule has 1 amide bonds. The van der Waals surface area contributed by atoms with Crippen LogP contribution in [0.4, 0.5) is 0 Å². The highest BCUT2D eigenvalue weighted by Gasteiger charge is 2.22. The number of rotatable bonds is 7. The number of nitrogens with zero attached hydrogens (tertiary/aromatic N) is 1. The standard InChI is InChI=1S/C21H26N2O4S/c1-5-13-6-7-19-14(8-13)10-20(28-19)21(24)23-22-12-15-9-17(26-3)18(27-4)11-16(15)25-2/h9-13H,5-8H2,1-4H3,(H,23,24)/b22-12+. The lowest BCUT2D eigenvalue weighted by atomic mass is 9.87. The molecule has 0 aliphatic heterocycles. The lowest BCUT2D eigenvalue weighted by Gasteiger charge is -2.19. The van der Waals surface area contributed by atoms with Crippen molar-refractivity contribution in [3.8, 4) is 17.2 Å². The summed E-state index contributed by atoms with van der Waals surface area (Å²) in [5.41, 5.74) is 4.61. The third-order valence-corrected chi connectivity index (χ3v) is 6.33. The molecule has 2 aromatic rings. The number of methoxy groups -OCH3 is 3. The van der Waals surface area contributed by atoms with Crippen molar-refractivity contribution in [2.45, 2.75) is 32.6 Å². The number of thiophene rings is 1. The molecule has 0 saturated carbocycles. The van der Waals surface area contributed by atoms with Crippen molar-refractivity contribution >= 4 is 23.5 Å². The number of ether oxygens (including phenoxy) is 3. The fourth-order valence-electron chi connectivity index (χ4n) is 3.43. The number of carbonyl (C=O) groups is 1. The van der Waals surface area contributed by atoms with Crippen LogP contribution in [0.15, 0.2) is 23.3 Å². The first-order valence-corrected chi connectivity index (χ1v) is 10.2. The van der Waals surface area contributed by atoms with Gasteiger partial charge in [0.15, 0.2) is 11.5 Å². The number of hydrogen-bond donors (Lipinski definition) is 1. The van der Waals surface area contributed by atoms with Crippen molar-refractivity contribution in [3.63, 3.8) is 0 Å². The van der Waals surface area contributed by atoms with Gasteiger partial charge in [-0.05, 0) is 42.9 Å². The fraction of sp³-hybridized carbons (Fsp3) is 0.429. The second-order valence-electron chi connectivity index (χ2n) is 6.72. The molecular weight excluding hydrogens is 376 g/mol. The summed E-state index contributed by atoms with van der Waals surface area (Å²) in [6, 6.07) is 5.49. The van der Waals surface area contributed by atoms with Crippen LogP contribution in [0.2, 0.25) is 0 Å². The molecule has 1 aliphatic carbocycles. The Balaban J connectivity index is 1.71. The molecule has 150 valence electrons. The minimum Gasteiger partial charge on any atom is -0.496 e. The van der Waals surface area contributed by atoms with Gasteiger partial charge in [0.25, 0.3) is 5.91 Å². The molecule has 0 bridgehead atoms. The van der Waals surface area contributed by atoms with Gasteiger partial charge in [-0.3, -0.25) is 4.79 Å². The van der Waals surface area contributed by atoms with Gasteiger partial charge >= 0.3 is 0 Å². The molecule has 0 spiro atoms. The topological polar surface area (TPSA) is 69.2 Å². The van der Waals surface area contributed by atoms with Gasteiger partial charge in [0.1, 0.15) is 5.75 Å². The number of nitrogens with one attached hydrogen (secondary N) is 1. The summed E-state index contributed by atoms with van der Waals surface area (Å²) < 4.78 is 15.9. The summed E-state index contributed by atoms with van der Waals surface area (Å²) in [4.78, 5) is 14.5. The van der Waals surface area contributed by atoms with Gasteiger partial charge in [-0.1, -0.05) is 13.3 Å². The Labute approximate surface area is 169 Å².